The predicted molar refractivity (Wildman–Crippen MR) is 86.9 cm³/mol. The zero-order valence-electron chi connectivity index (χ0n) is 12.5. The minimum Gasteiger partial charge on any atom is -0.395 e. The second kappa shape index (κ2) is 6.62. The average Bonchev–Trinajstić information content (AvgIpc) is 2.93. The van der Waals surface area contributed by atoms with Crippen LogP contribution < -0.4 is 5.32 Å². The number of hydrogen-bond acceptors (Lipinski definition) is 2. The fraction of sp³-hybridized carbons (Fsp3) is 0.167. The number of rotatable bonds is 5. The van der Waals surface area contributed by atoms with Crippen LogP contribution in [0.2, 0.25) is 0 Å². The summed E-state index contributed by atoms with van der Waals surface area (Å²) in [4.78, 5) is 12.3. The van der Waals surface area contributed by atoms with Crippen molar-refractivity contribution in [1.29, 1.82) is 0 Å². The van der Waals surface area contributed by atoms with Crippen LogP contribution in [0.15, 0.2) is 54.6 Å². The maximum atomic E-state index is 14.0. The Balaban J connectivity index is 2.06. The van der Waals surface area contributed by atoms with Crippen LogP contribution >= 0.6 is 0 Å². The Labute approximate surface area is 133 Å². The number of amides is 1. The number of hydrogen-bond donors (Lipinski definition) is 2. The summed E-state index contributed by atoms with van der Waals surface area (Å²) in [7, 11) is 0. The van der Waals surface area contributed by atoms with Crippen molar-refractivity contribution in [3.63, 3.8) is 0 Å². The summed E-state index contributed by atoms with van der Waals surface area (Å²) in [6.45, 7) is 0.321. The number of carbonyl (C=O) groups is 1. The molecule has 0 atom stereocenters. The fourth-order valence-corrected chi connectivity index (χ4v) is 2.63. The van der Waals surface area contributed by atoms with Crippen LogP contribution in [0.5, 0.6) is 0 Å². The minimum atomic E-state index is -0.299. The van der Waals surface area contributed by atoms with Gasteiger partial charge in [0.2, 0.25) is 0 Å². The topological polar surface area (TPSA) is 54.3 Å². The molecule has 1 amide bonds. The van der Waals surface area contributed by atoms with Crippen LogP contribution in [-0.4, -0.2) is 28.7 Å². The number of aliphatic hydroxyl groups is 1. The van der Waals surface area contributed by atoms with Crippen LogP contribution in [0.3, 0.4) is 0 Å². The molecule has 2 aromatic carbocycles. The third-order valence-electron chi connectivity index (χ3n) is 3.73. The minimum absolute atomic E-state index is 0.126. The molecule has 0 bridgehead atoms. The van der Waals surface area contributed by atoms with Crippen molar-refractivity contribution in [1.82, 2.24) is 9.88 Å². The quantitative estimate of drug-likeness (QED) is 0.761. The summed E-state index contributed by atoms with van der Waals surface area (Å²) in [6, 6.07) is 15.9. The van der Waals surface area contributed by atoms with Crippen LogP contribution in [0.4, 0.5) is 4.39 Å². The molecular formula is C18H17FN2O2. The molecule has 0 unspecified atom stereocenters. The number of carbonyl (C=O) groups excluding carboxylic acids is 1. The number of halogens is 1. The average molecular weight is 312 g/mol. The van der Waals surface area contributed by atoms with Gasteiger partial charge in [0, 0.05) is 23.0 Å². The molecule has 2 N–H and O–H groups in total. The standard InChI is InChI=1S/C18H17FN2O2/c19-15-7-3-1-6-14(15)12-21-16-8-4-2-5-13(16)11-17(21)18(23)20-9-10-22/h1-8,11,22H,9-10,12H2,(H,20,23). The molecule has 4 nitrogen and oxygen atoms in total. The smallest absolute Gasteiger partial charge is 0.268 e. The number of aromatic nitrogens is 1. The van der Waals surface area contributed by atoms with Gasteiger partial charge in [0.15, 0.2) is 0 Å². The van der Waals surface area contributed by atoms with Gasteiger partial charge in [0.25, 0.3) is 5.91 Å². The van der Waals surface area contributed by atoms with E-state index in [0.717, 1.165) is 10.9 Å². The van der Waals surface area contributed by atoms with Crippen molar-refractivity contribution in [3.05, 3.63) is 71.7 Å². The third kappa shape index (κ3) is 3.10. The largest absolute Gasteiger partial charge is 0.395 e. The number of para-hydroxylation sites is 1. The Morgan fingerprint density at radius 1 is 1.13 bits per heavy atom. The maximum Gasteiger partial charge on any atom is 0.268 e. The van der Waals surface area contributed by atoms with Crippen LogP contribution in [0.25, 0.3) is 10.9 Å². The molecule has 0 fully saturated rings. The van der Waals surface area contributed by atoms with Gasteiger partial charge in [-0.25, -0.2) is 4.39 Å². The second-order valence-electron chi connectivity index (χ2n) is 5.25. The Morgan fingerprint density at radius 3 is 2.65 bits per heavy atom. The Hall–Kier alpha value is -2.66. The molecule has 0 saturated heterocycles. The SMILES string of the molecule is O=C(NCCO)c1cc2ccccc2n1Cc1ccccc1F. The summed E-state index contributed by atoms with van der Waals surface area (Å²) in [6.07, 6.45) is 0. The van der Waals surface area contributed by atoms with Crippen LogP contribution in [0.1, 0.15) is 16.1 Å². The molecule has 1 heterocycles. The maximum absolute atomic E-state index is 14.0. The lowest BCUT2D eigenvalue weighted by atomic mass is 10.2. The van der Waals surface area contributed by atoms with E-state index in [1.165, 1.54) is 6.07 Å². The van der Waals surface area contributed by atoms with Gasteiger partial charge in [-0.1, -0.05) is 36.4 Å². The summed E-state index contributed by atoms with van der Waals surface area (Å²) in [5, 5.41) is 12.4. The van der Waals surface area contributed by atoms with E-state index < -0.39 is 0 Å². The van der Waals surface area contributed by atoms with Gasteiger partial charge >= 0.3 is 0 Å². The molecule has 5 heteroatoms. The van der Waals surface area contributed by atoms with Gasteiger partial charge < -0.3 is 15.0 Å². The molecule has 3 aromatic rings. The molecule has 0 aliphatic rings. The van der Waals surface area contributed by atoms with E-state index in [9.17, 15) is 9.18 Å². The summed E-state index contributed by atoms with van der Waals surface area (Å²) in [5.41, 5.74) is 1.83. The first-order chi connectivity index (χ1) is 11.2. The zero-order valence-corrected chi connectivity index (χ0v) is 12.5. The molecule has 0 spiro atoms. The lowest BCUT2D eigenvalue weighted by Crippen LogP contribution is -2.28. The molecular weight excluding hydrogens is 295 g/mol. The highest BCUT2D eigenvalue weighted by atomic mass is 19.1. The number of nitrogens with one attached hydrogen (secondary N) is 1. The third-order valence-corrected chi connectivity index (χ3v) is 3.73. The Kier molecular flexibility index (Phi) is 4.39. The van der Waals surface area contributed by atoms with Crippen molar-refractivity contribution in [3.8, 4) is 0 Å². The lowest BCUT2D eigenvalue weighted by Gasteiger charge is -2.11. The molecule has 23 heavy (non-hydrogen) atoms. The van der Waals surface area contributed by atoms with E-state index in [2.05, 4.69) is 5.32 Å². The molecule has 3 rings (SSSR count). The van der Waals surface area contributed by atoms with Gasteiger partial charge in [0.05, 0.1) is 13.2 Å². The predicted octanol–water partition coefficient (Wildman–Crippen LogP) is 2.55. The van der Waals surface area contributed by atoms with E-state index in [4.69, 9.17) is 5.11 Å². The van der Waals surface area contributed by atoms with Gasteiger partial charge in [-0.05, 0) is 18.2 Å². The normalized spacial score (nSPS) is 10.9. The fourth-order valence-electron chi connectivity index (χ4n) is 2.63. The van der Waals surface area contributed by atoms with Gasteiger partial charge in [-0.15, -0.1) is 0 Å². The summed E-state index contributed by atoms with van der Waals surface area (Å²) in [5.74, 6) is -0.585. The van der Waals surface area contributed by atoms with Crippen molar-refractivity contribution in [2.75, 3.05) is 13.2 Å². The Morgan fingerprint density at radius 2 is 1.87 bits per heavy atom. The van der Waals surface area contributed by atoms with Crippen molar-refractivity contribution in [2.24, 2.45) is 0 Å². The molecule has 1 aromatic heterocycles. The molecule has 0 aliphatic carbocycles. The highest BCUT2D eigenvalue weighted by Gasteiger charge is 2.16. The van der Waals surface area contributed by atoms with Crippen LogP contribution in [-0.2, 0) is 6.54 Å². The van der Waals surface area contributed by atoms with E-state index >= 15 is 0 Å². The van der Waals surface area contributed by atoms with Gasteiger partial charge in [-0.3, -0.25) is 4.79 Å². The first-order valence-corrected chi connectivity index (χ1v) is 7.41. The number of aliphatic hydroxyl groups excluding tert-OH is 1. The van der Waals surface area contributed by atoms with Gasteiger partial charge in [-0.2, -0.15) is 0 Å². The van der Waals surface area contributed by atoms with E-state index in [1.54, 1.807) is 28.8 Å². The molecule has 0 aliphatic heterocycles. The molecule has 118 valence electrons. The number of fused-ring (bicyclic) bond motifs is 1. The second-order valence-corrected chi connectivity index (χ2v) is 5.25. The van der Waals surface area contributed by atoms with E-state index in [0.29, 0.717) is 11.3 Å². The highest BCUT2D eigenvalue weighted by molar-refractivity contribution is 5.98. The summed E-state index contributed by atoms with van der Waals surface area (Å²) >= 11 is 0. The van der Waals surface area contributed by atoms with E-state index in [-0.39, 0.29) is 31.4 Å². The first kappa shape index (κ1) is 15.2. The Bertz CT molecular complexity index is 842. The van der Waals surface area contributed by atoms with Gasteiger partial charge in [0.1, 0.15) is 11.5 Å². The molecule has 0 saturated carbocycles. The monoisotopic (exact) mass is 312 g/mol. The number of nitrogens with zero attached hydrogens (tertiary/aromatic N) is 1. The summed E-state index contributed by atoms with van der Waals surface area (Å²) < 4.78 is 15.8. The van der Waals surface area contributed by atoms with E-state index in [1.807, 2.05) is 24.3 Å². The lowest BCUT2D eigenvalue weighted by molar-refractivity contribution is 0.0936. The highest BCUT2D eigenvalue weighted by Crippen LogP contribution is 2.22. The van der Waals surface area contributed by atoms with Crippen molar-refractivity contribution < 1.29 is 14.3 Å². The first-order valence-electron chi connectivity index (χ1n) is 7.41. The van der Waals surface area contributed by atoms with Crippen molar-refractivity contribution in [2.45, 2.75) is 6.54 Å². The van der Waals surface area contributed by atoms with Crippen LogP contribution in [0, 0.1) is 5.82 Å². The zero-order chi connectivity index (χ0) is 16.2. The number of benzene rings is 2. The van der Waals surface area contributed by atoms with Crippen molar-refractivity contribution >= 4 is 16.8 Å². The molecule has 0 radical (unpaired) electrons.